The number of ether oxygens (including phenoxy) is 1. The Morgan fingerprint density at radius 2 is 1.58 bits per heavy atom. The van der Waals surface area contributed by atoms with E-state index in [4.69, 9.17) is 9.94 Å². The average molecular weight is 468 g/mol. The minimum atomic E-state index is -1.57. The molecule has 8 heteroatoms. The number of hydrogen-bond donors (Lipinski definition) is 3. The Bertz CT molecular complexity index is 1030. The third-order valence-corrected chi connectivity index (χ3v) is 7.44. The van der Waals surface area contributed by atoms with Crippen LogP contribution >= 0.6 is 0 Å². The molecule has 1 unspecified atom stereocenters. The molecule has 1 amide bonds. The summed E-state index contributed by atoms with van der Waals surface area (Å²) in [6.45, 7) is 4.45. The van der Waals surface area contributed by atoms with E-state index in [-0.39, 0.29) is 0 Å². The summed E-state index contributed by atoms with van der Waals surface area (Å²) in [7, 11) is -1.57. The van der Waals surface area contributed by atoms with Crippen LogP contribution in [0.25, 0.3) is 0 Å². The molecule has 7 nitrogen and oxygen atoms in total. The second-order valence-electron chi connectivity index (χ2n) is 8.46. The third-order valence-electron chi connectivity index (χ3n) is 6.16. The molecule has 0 spiro atoms. The van der Waals surface area contributed by atoms with Crippen LogP contribution in [-0.4, -0.2) is 52.1 Å². The number of rotatable bonds is 6. The molecule has 1 saturated heterocycles. The molecule has 1 aliphatic heterocycles. The fourth-order valence-corrected chi connectivity index (χ4v) is 5.37. The molecule has 2 aromatic rings. The van der Waals surface area contributed by atoms with Crippen molar-refractivity contribution in [2.24, 2.45) is 0 Å². The second kappa shape index (κ2) is 11.1. The first kappa shape index (κ1) is 23.6. The van der Waals surface area contributed by atoms with Gasteiger partial charge in [0.25, 0.3) is 5.91 Å². The Morgan fingerprint density at radius 1 is 1.00 bits per heavy atom. The third kappa shape index (κ3) is 6.08. The van der Waals surface area contributed by atoms with E-state index < -0.39 is 22.4 Å². The van der Waals surface area contributed by atoms with Crippen LogP contribution in [0, 0.1) is 11.8 Å². The molecule has 4 rings (SSSR count). The van der Waals surface area contributed by atoms with Gasteiger partial charge in [-0.15, -0.1) is 0 Å². The van der Waals surface area contributed by atoms with Gasteiger partial charge in [-0.2, -0.15) is 0 Å². The summed E-state index contributed by atoms with van der Waals surface area (Å²) in [5, 5.41) is 9.06. The summed E-state index contributed by atoms with van der Waals surface area (Å²) >= 11 is 0. The van der Waals surface area contributed by atoms with Crippen molar-refractivity contribution in [1.82, 2.24) is 15.1 Å². The van der Waals surface area contributed by atoms with E-state index in [0.29, 0.717) is 17.7 Å². The predicted molar refractivity (Wildman–Crippen MR) is 126 cm³/mol. The molecular formula is C25H29N3O4S. The summed E-state index contributed by atoms with van der Waals surface area (Å²) in [4.78, 5) is 15.1. The highest BCUT2D eigenvalue weighted by atomic mass is 32.2. The Kier molecular flexibility index (Phi) is 7.91. The number of benzene rings is 2. The van der Waals surface area contributed by atoms with Gasteiger partial charge < -0.3 is 4.74 Å². The summed E-state index contributed by atoms with van der Waals surface area (Å²) in [5.74, 6) is 5.78. The van der Waals surface area contributed by atoms with Crippen molar-refractivity contribution < 1.29 is 18.9 Å². The van der Waals surface area contributed by atoms with Crippen LogP contribution in [0.4, 0.5) is 0 Å². The highest BCUT2D eigenvalue weighted by Gasteiger charge is 2.42. The van der Waals surface area contributed by atoms with Crippen molar-refractivity contribution in [2.45, 2.75) is 42.7 Å². The van der Waals surface area contributed by atoms with Crippen molar-refractivity contribution in [2.75, 3.05) is 26.3 Å². The van der Waals surface area contributed by atoms with E-state index in [0.717, 1.165) is 56.8 Å². The number of nitrogens with one attached hydrogen (secondary N) is 2. The van der Waals surface area contributed by atoms with Gasteiger partial charge in [0.15, 0.2) is 0 Å². The first-order chi connectivity index (χ1) is 16.1. The van der Waals surface area contributed by atoms with Gasteiger partial charge in [-0.05, 0) is 54.8 Å². The lowest BCUT2D eigenvalue weighted by Crippen LogP contribution is -2.55. The van der Waals surface area contributed by atoms with Crippen LogP contribution in [0.1, 0.15) is 42.4 Å². The van der Waals surface area contributed by atoms with Crippen LogP contribution in [0.3, 0.4) is 0 Å². The Balaban J connectivity index is 1.36. The van der Waals surface area contributed by atoms with Gasteiger partial charge in [0, 0.05) is 30.8 Å². The smallest absolute Gasteiger partial charge is 0.264 e. The Morgan fingerprint density at radius 3 is 2.15 bits per heavy atom. The van der Waals surface area contributed by atoms with Gasteiger partial charge in [0.2, 0.25) is 0 Å². The molecule has 2 aromatic carbocycles. The lowest BCUT2D eigenvalue weighted by atomic mass is 9.99. The van der Waals surface area contributed by atoms with Gasteiger partial charge >= 0.3 is 0 Å². The molecule has 1 saturated carbocycles. The normalized spacial score (nSPS) is 18.8. The van der Waals surface area contributed by atoms with Gasteiger partial charge in [-0.25, -0.2) is 14.4 Å². The lowest BCUT2D eigenvalue weighted by molar-refractivity contribution is -0.135. The van der Waals surface area contributed by atoms with Crippen LogP contribution in [0.5, 0.6) is 0 Å². The predicted octanol–water partition coefficient (Wildman–Crippen LogP) is 2.35. The Hall–Kier alpha value is -2.54. The zero-order valence-corrected chi connectivity index (χ0v) is 19.3. The Labute approximate surface area is 197 Å². The number of hydroxylamine groups is 1. The van der Waals surface area contributed by atoms with Crippen molar-refractivity contribution in [3.05, 3.63) is 65.2 Å². The SMILES string of the molecule is O=C(NO)C1(NS(=O)c2ccc(C#Cc3ccc(CN4CCOCC4)cc3)cc2)CCCC1. The number of amides is 1. The lowest BCUT2D eigenvalue weighted by Gasteiger charge is -2.26. The summed E-state index contributed by atoms with van der Waals surface area (Å²) < 4.78 is 21.1. The highest BCUT2D eigenvalue weighted by Crippen LogP contribution is 2.31. The van der Waals surface area contributed by atoms with Crippen molar-refractivity contribution in [1.29, 1.82) is 0 Å². The van der Waals surface area contributed by atoms with Crippen LogP contribution in [-0.2, 0) is 27.1 Å². The van der Waals surface area contributed by atoms with E-state index in [1.807, 2.05) is 24.3 Å². The van der Waals surface area contributed by atoms with Gasteiger partial charge in [-0.1, -0.05) is 36.8 Å². The molecule has 33 heavy (non-hydrogen) atoms. The maximum Gasteiger partial charge on any atom is 0.264 e. The van der Waals surface area contributed by atoms with E-state index in [2.05, 4.69) is 33.6 Å². The first-order valence-corrected chi connectivity index (χ1v) is 12.4. The van der Waals surface area contributed by atoms with E-state index in [1.165, 1.54) is 5.56 Å². The number of carbonyl (C=O) groups excluding carboxylic acids is 1. The van der Waals surface area contributed by atoms with Crippen molar-refractivity contribution in [3.63, 3.8) is 0 Å². The molecular weight excluding hydrogens is 438 g/mol. The maximum absolute atomic E-state index is 12.8. The largest absolute Gasteiger partial charge is 0.379 e. The molecule has 3 N–H and O–H groups in total. The molecule has 1 atom stereocenters. The van der Waals surface area contributed by atoms with Crippen LogP contribution in [0.15, 0.2) is 53.4 Å². The average Bonchev–Trinajstić information content (AvgIpc) is 3.33. The number of hydrogen-bond acceptors (Lipinski definition) is 5. The number of morpholine rings is 1. The summed E-state index contributed by atoms with van der Waals surface area (Å²) in [5.41, 5.74) is 3.73. The maximum atomic E-state index is 12.8. The van der Waals surface area contributed by atoms with Crippen molar-refractivity contribution in [3.8, 4) is 11.8 Å². The van der Waals surface area contributed by atoms with E-state index in [1.54, 1.807) is 17.6 Å². The summed E-state index contributed by atoms with van der Waals surface area (Å²) in [6, 6.07) is 15.4. The topological polar surface area (TPSA) is 90.9 Å². The summed E-state index contributed by atoms with van der Waals surface area (Å²) in [6.07, 6.45) is 2.78. The van der Waals surface area contributed by atoms with Crippen molar-refractivity contribution >= 4 is 16.9 Å². The monoisotopic (exact) mass is 467 g/mol. The quantitative estimate of drug-likeness (QED) is 0.345. The minimum absolute atomic E-state index is 0.535. The molecule has 0 bridgehead atoms. The molecule has 1 heterocycles. The van der Waals surface area contributed by atoms with E-state index >= 15 is 0 Å². The van der Waals surface area contributed by atoms with Gasteiger partial charge in [0.05, 0.1) is 18.1 Å². The molecule has 2 aliphatic rings. The molecule has 1 aliphatic carbocycles. The van der Waals surface area contributed by atoms with Gasteiger partial charge in [0.1, 0.15) is 16.5 Å². The minimum Gasteiger partial charge on any atom is -0.379 e. The zero-order valence-electron chi connectivity index (χ0n) is 18.5. The highest BCUT2D eigenvalue weighted by molar-refractivity contribution is 7.83. The number of nitrogens with zero attached hydrogens (tertiary/aromatic N) is 1. The molecule has 174 valence electrons. The van der Waals surface area contributed by atoms with Gasteiger partial charge in [-0.3, -0.25) is 14.9 Å². The van der Waals surface area contributed by atoms with Crippen LogP contribution in [0.2, 0.25) is 0 Å². The molecule has 0 aromatic heterocycles. The van der Waals surface area contributed by atoms with Crippen LogP contribution < -0.4 is 10.2 Å². The first-order valence-electron chi connectivity index (χ1n) is 11.2. The standard InChI is InChI=1S/C25H29N3O4S/c29-24(26-30)25(13-1-2-14-25)27-33(31)23-11-9-21(10-12-23)4-3-20-5-7-22(8-6-20)19-28-15-17-32-18-16-28/h5-12,27,30H,1-2,13-19H2,(H,26,29). The second-order valence-corrected chi connectivity index (χ2v) is 9.67. The number of carbonyl (C=O) groups is 1. The molecule has 2 fully saturated rings. The fraction of sp³-hybridized carbons (Fsp3) is 0.400. The molecule has 0 radical (unpaired) electrons. The van der Waals surface area contributed by atoms with E-state index in [9.17, 15) is 9.00 Å². The zero-order chi connectivity index (χ0) is 23.1. The fourth-order valence-electron chi connectivity index (χ4n) is 4.21.